The zero-order chi connectivity index (χ0) is 29.4. The second kappa shape index (κ2) is 17.9. The third kappa shape index (κ3) is 12.4. The molecule has 2 rings (SSSR count). The molecular weight excluding hydrogens is 560 g/mol. The number of ether oxygens (including phenoxy) is 3. The maximum absolute atomic E-state index is 13.1. The van der Waals surface area contributed by atoms with Crippen LogP contribution in [0, 0.1) is 0 Å². The summed E-state index contributed by atoms with van der Waals surface area (Å²) in [4.78, 5) is 1.93. The smallest absolute Gasteiger partial charge is 0.485 e. The molecule has 0 spiro atoms. The monoisotopic (exact) mass is 603 g/mol. The molecular formula is C27H43NO10P2. The Hall–Kier alpha value is -1.78. The highest BCUT2D eigenvalue weighted by atomic mass is 31.3. The van der Waals surface area contributed by atoms with Crippen LogP contribution < -0.4 is 9.47 Å². The molecule has 2 aromatic carbocycles. The number of hydrogen-bond donors (Lipinski definition) is 0. The van der Waals surface area contributed by atoms with Crippen LogP contribution in [0.3, 0.4) is 0 Å². The van der Waals surface area contributed by atoms with Crippen molar-refractivity contribution in [2.75, 3.05) is 61.0 Å². The fourth-order valence-corrected chi connectivity index (χ4v) is 6.68. The number of hydrogen-bond acceptors (Lipinski definition) is 11. The van der Waals surface area contributed by atoms with Gasteiger partial charge in [0.25, 0.3) is 0 Å². The Bertz CT molecular complexity index is 1090. The first-order chi connectivity index (χ1) is 19.2. The van der Waals surface area contributed by atoms with E-state index in [0.29, 0.717) is 6.54 Å². The topological polar surface area (TPSA) is 111 Å². The zero-order valence-electron chi connectivity index (χ0n) is 24.3. The van der Waals surface area contributed by atoms with E-state index >= 15 is 0 Å². The van der Waals surface area contributed by atoms with Gasteiger partial charge in [-0.15, -0.1) is 0 Å². The van der Waals surface area contributed by atoms with E-state index in [2.05, 4.69) is 6.07 Å². The number of aryl methyl sites for hydroxylation is 2. The van der Waals surface area contributed by atoms with Crippen molar-refractivity contribution in [1.29, 1.82) is 0 Å². The molecule has 13 heteroatoms. The third-order valence-corrected chi connectivity index (χ3v) is 9.10. The van der Waals surface area contributed by atoms with Crippen molar-refractivity contribution in [1.82, 2.24) is 4.90 Å². The van der Waals surface area contributed by atoms with Crippen molar-refractivity contribution >= 4 is 15.6 Å². The lowest BCUT2D eigenvalue weighted by Gasteiger charge is -2.25. The summed E-state index contributed by atoms with van der Waals surface area (Å²) in [5.41, 5.74) is 2.22. The van der Waals surface area contributed by atoms with Gasteiger partial charge in [0.1, 0.15) is 24.2 Å². The minimum atomic E-state index is -4.32. The van der Waals surface area contributed by atoms with Gasteiger partial charge in [0, 0.05) is 6.54 Å². The van der Waals surface area contributed by atoms with E-state index in [4.69, 9.17) is 36.6 Å². The minimum Gasteiger partial charge on any atom is -0.497 e. The second-order valence-corrected chi connectivity index (χ2v) is 12.3. The predicted molar refractivity (Wildman–Crippen MR) is 153 cm³/mol. The first-order valence-corrected chi connectivity index (χ1v) is 16.2. The molecule has 0 N–H and O–H groups in total. The highest BCUT2D eigenvalue weighted by molar-refractivity contribution is 7.62. The standard InChI is InChI=1S/C27H43NO10P2/c1-7-34-39(29,35-8-2)38-40(30,36-9-3)37-22-33-26(20-28(4)5)21-32-27-16-11-10-14-24(27)18-17-23-13-12-15-25(19-23)31-6/h10-16,19,26H,7-9,17-18,20-22H2,1-6H3. The maximum Gasteiger partial charge on any atom is 0.485 e. The predicted octanol–water partition coefficient (Wildman–Crippen LogP) is 6.12. The van der Waals surface area contributed by atoms with Crippen molar-refractivity contribution in [3.8, 4) is 11.5 Å². The van der Waals surface area contributed by atoms with E-state index in [9.17, 15) is 9.13 Å². The lowest BCUT2D eigenvalue weighted by molar-refractivity contribution is -0.0710. The van der Waals surface area contributed by atoms with Crippen LogP contribution in [0.1, 0.15) is 31.9 Å². The van der Waals surface area contributed by atoms with E-state index < -0.39 is 28.5 Å². The van der Waals surface area contributed by atoms with Crippen molar-refractivity contribution in [3.05, 3.63) is 59.7 Å². The summed E-state index contributed by atoms with van der Waals surface area (Å²) in [6.07, 6.45) is 1.14. The van der Waals surface area contributed by atoms with Crippen molar-refractivity contribution < 1.29 is 45.7 Å². The van der Waals surface area contributed by atoms with Gasteiger partial charge in [-0.25, -0.2) is 9.13 Å². The van der Waals surface area contributed by atoms with Gasteiger partial charge in [-0.3, -0.25) is 18.1 Å². The number of likely N-dealkylation sites (N-methyl/N-ethyl adjacent to an activating group) is 1. The highest BCUT2D eigenvalue weighted by Gasteiger charge is 2.40. The van der Waals surface area contributed by atoms with Crippen molar-refractivity contribution in [2.45, 2.75) is 39.7 Å². The van der Waals surface area contributed by atoms with Crippen LogP contribution >= 0.6 is 15.6 Å². The van der Waals surface area contributed by atoms with E-state index in [1.807, 2.05) is 61.5 Å². The Labute approximate surface area is 238 Å². The number of nitrogens with zero attached hydrogens (tertiary/aromatic N) is 1. The van der Waals surface area contributed by atoms with Crippen LogP contribution in [0.15, 0.2) is 48.5 Å². The van der Waals surface area contributed by atoms with E-state index in [1.54, 1.807) is 27.9 Å². The summed E-state index contributed by atoms with van der Waals surface area (Å²) in [6, 6.07) is 15.8. The Morgan fingerprint density at radius 2 is 1.48 bits per heavy atom. The van der Waals surface area contributed by atoms with Gasteiger partial charge in [-0.2, -0.15) is 4.31 Å². The summed E-state index contributed by atoms with van der Waals surface area (Å²) in [7, 11) is -3.03. The van der Waals surface area contributed by atoms with Crippen LogP contribution in [0.4, 0.5) is 0 Å². The average molecular weight is 604 g/mol. The van der Waals surface area contributed by atoms with Crippen LogP contribution in [-0.4, -0.2) is 72.0 Å². The van der Waals surface area contributed by atoms with E-state index in [0.717, 1.165) is 29.9 Å². The molecule has 0 radical (unpaired) electrons. The van der Waals surface area contributed by atoms with E-state index in [-0.39, 0.29) is 26.4 Å². The minimum absolute atomic E-state index is 0.0170. The normalized spacial score (nSPS) is 14.2. The fraction of sp³-hybridized carbons (Fsp3) is 0.556. The molecule has 0 fully saturated rings. The molecule has 0 saturated carbocycles. The molecule has 11 nitrogen and oxygen atoms in total. The lowest BCUT2D eigenvalue weighted by Crippen LogP contribution is -2.34. The number of methoxy groups -OCH3 is 1. The number of rotatable bonds is 21. The molecule has 0 amide bonds. The largest absolute Gasteiger partial charge is 0.497 e. The summed E-state index contributed by atoms with van der Waals surface area (Å²) >= 11 is 0. The molecule has 226 valence electrons. The van der Waals surface area contributed by atoms with Gasteiger partial charge in [0.2, 0.25) is 0 Å². The molecule has 0 aliphatic heterocycles. The maximum atomic E-state index is 13.1. The number of phosphoric acid groups is 2. The lowest BCUT2D eigenvalue weighted by atomic mass is 10.0. The molecule has 0 aliphatic rings. The Morgan fingerprint density at radius 3 is 2.10 bits per heavy atom. The quantitative estimate of drug-likeness (QED) is 0.121. The molecule has 2 unspecified atom stereocenters. The first-order valence-electron chi connectivity index (χ1n) is 13.2. The van der Waals surface area contributed by atoms with Gasteiger partial charge in [0.15, 0.2) is 6.79 Å². The molecule has 0 heterocycles. The van der Waals surface area contributed by atoms with Gasteiger partial charge in [0.05, 0.1) is 26.9 Å². The molecule has 0 aliphatic carbocycles. The van der Waals surface area contributed by atoms with E-state index in [1.165, 1.54) is 5.56 Å². The summed E-state index contributed by atoms with van der Waals surface area (Å²) in [5.74, 6) is 1.57. The van der Waals surface area contributed by atoms with Gasteiger partial charge >= 0.3 is 15.6 Å². The van der Waals surface area contributed by atoms with Gasteiger partial charge in [-0.05, 0) is 77.0 Å². The third-order valence-electron chi connectivity index (χ3n) is 5.36. The highest BCUT2D eigenvalue weighted by Crippen LogP contribution is 2.65. The average Bonchev–Trinajstić information content (AvgIpc) is 2.91. The van der Waals surface area contributed by atoms with Crippen LogP contribution in [-0.2, 0) is 49.1 Å². The Morgan fingerprint density at radius 1 is 0.825 bits per heavy atom. The van der Waals surface area contributed by atoms with Crippen molar-refractivity contribution in [2.24, 2.45) is 0 Å². The molecule has 40 heavy (non-hydrogen) atoms. The van der Waals surface area contributed by atoms with Crippen molar-refractivity contribution in [3.63, 3.8) is 0 Å². The number of benzene rings is 2. The Balaban J connectivity index is 2.02. The van der Waals surface area contributed by atoms with Crippen LogP contribution in [0.25, 0.3) is 0 Å². The first kappa shape index (κ1) is 34.4. The zero-order valence-corrected chi connectivity index (χ0v) is 26.1. The van der Waals surface area contributed by atoms with Crippen LogP contribution in [0.5, 0.6) is 11.5 Å². The fourth-order valence-electron chi connectivity index (χ4n) is 3.66. The summed E-state index contributed by atoms with van der Waals surface area (Å²) < 4.78 is 68.9. The summed E-state index contributed by atoms with van der Waals surface area (Å²) in [5, 5.41) is 0. The number of phosphoric ester groups is 2. The molecule has 2 atom stereocenters. The summed E-state index contributed by atoms with van der Waals surface area (Å²) in [6.45, 7) is 5.05. The van der Waals surface area contributed by atoms with Crippen LogP contribution in [0.2, 0.25) is 0 Å². The molecule has 2 aromatic rings. The molecule has 0 saturated heterocycles. The molecule has 0 aromatic heterocycles. The molecule has 0 bridgehead atoms. The van der Waals surface area contributed by atoms with Gasteiger partial charge in [-0.1, -0.05) is 30.3 Å². The van der Waals surface area contributed by atoms with Gasteiger partial charge < -0.3 is 19.1 Å². The second-order valence-electron chi connectivity index (χ2n) is 8.80. The Kier molecular flexibility index (Phi) is 15.4. The SMILES string of the molecule is CCOP(=O)(OCC)OP(=O)(OCC)OCOC(COc1ccccc1CCc1cccc(OC)c1)CN(C)C. The number of para-hydroxylation sites is 1.